The van der Waals surface area contributed by atoms with E-state index in [9.17, 15) is 14.4 Å². The molecule has 2 aliphatic heterocycles. The van der Waals surface area contributed by atoms with Gasteiger partial charge in [0.05, 0.1) is 6.67 Å². The summed E-state index contributed by atoms with van der Waals surface area (Å²) in [5.41, 5.74) is -1.23. The van der Waals surface area contributed by atoms with E-state index in [-0.39, 0.29) is 30.6 Å². The number of ether oxygens (including phenoxy) is 1. The van der Waals surface area contributed by atoms with Gasteiger partial charge in [0, 0.05) is 26.2 Å². The number of nitrogens with one attached hydrogen (secondary N) is 1. The minimum atomic E-state index is -0.715. The molecule has 8 nitrogen and oxygen atoms in total. The van der Waals surface area contributed by atoms with Crippen LogP contribution in [0, 0.1) is 5.92 Å². The predicted octanol–water partition coefficient (Wildman–Crippen LogP) is 2.00. The van der Waals surface area contributed by atoms with Crippen molar-refractivity contribution in [3.63, 3.8) is 0 Å². The highest BCUT2D eigenvalue weighted by Crippen LogP contribution is 2.38. The second-order valence-corrected chi connectivity index (χ2v) is 9.01. The first kappa shape index (κ1) is 19.9. The van der Waals surface area contributed by atoms with Crippen LogP contribution in [-0.2, 0) is 9.53 Å². The van der Waals surface area contributed by atoms with E-state index in [1.807, 2.05) is 25.7 Å². The maximum atomic E-state index is 13.0. The SMILES string of the molecule is C[C@@H]1CCCC[C@@]12NC(=O)N(CN1CCN(C(=O)OC(C)(C)C)CC1)C2=O. The zero-order chi connectivity index (χ0) is 19.8. The summed E-state index contributed by atoms with van der Waals surface area (Å²) in [5, 5.41) is 2.99. The Kier molecular flexibility index (Phi) is 5.38. The summed E-state index contributed by atoms with van der Waals surface area (Å²) in [5.74, 6) is 0.0750. The van der Waals surface area contributed by atoms with Crippen LogP contribution < -0.4 is 5.32 Å². The molecule has 1 N–H and O–H groups in total. The van der Waals surface area contributed by atoms with E-state index in [0.717, 1.165) is 25.7 Å². The molecule has 2 atom stereocenters. The molecule has 27 heavy (non-hydrogen) atoms. The summed E-state index contributed by atoms with van der Waals surface area (Å²) < 4.78 is 5.41. The topological polar surface area (TPSA) is 82.2 Å². The van der Waals surface area contributed by atoms with Gasteiger partial charge in [-0.2, -0.15) is 0 Å². The number of rotatable bonds is 2. The quantitative estimate of drug-likeness (QED) is 0.741. The average Bonchev–Trinajstić information content (AvgIpc) is 2.82. The van der Waals surface area contributed by atoms with Crippen LogP contribution >= 0.6 is 0 Å². The standard InChI is InChI=1S/C19H32N4O4/c1-14-7-5-6-8-19(14)15(24)23(16(25)20-19)13-21-9-11-22(12-10-21)17(26)27-18(2,3)4/h14H,5-13H2,1-4H3,(H,20,25)/t14-,19-/m1/s1. The van der Waals surface area contributed by atoms with Crippen molar-refractivity contribution in [2.75, 3.05) is 32.8 Å². The van der Waals surface area contributed by atoms with Crippen molar-refractivity contribution in [2.24, 2.45) is 5.92 Å². The molecular weight excluding hydrogens is 348 g/mol. The molecule has 0 aromatic heterocycles. The molecule has 1 aliphatic carbocycles. The number of imide groups is 1. The van der Waals surface area contributed by atoms with Crippen LogP contribution in [0.15, 0.2) is 0 Å². The van der Waals surface area contributed by atoms with Gasteiger partial charge < -0.3 is 15.0 Å². The van der Waals surface area contributed by atoms with Crippen molar-refractivity contribution in [1.29, 1.82) is 0 Å². The summed E-state index contributed by atoms with van der Waals surface area (Å²) in [6.45, 7) is 10.2. The molecule has 0 unspecified atom stereocenters. The second-order valence-electron chi connectivity index (χ2n) is 9.01. The molecule has 2 heterocycles. The largest absolute Gasteiger partial charge is 0.444 e. The minimum Gasteiger partial charge on any atom is -0.444 e. The van der Waals surface area contributed by atoms with Gasteiger partial charge in [0.15, 0.2) is 0 Å². The predicted molar refractivity (Wildman–Crippen MR) is 100.0 cm³/mol. The lowest BCUT2D eigenvalue weighted by molar-refractivity contribution is -0.136. The first-order valence-electron chi connectivity index (χ1n) is 9.97. The van der Waals surface area contributed by atoms with Crippen molar-refractivity contribution in [2.45, 2.75) is 64.5 Å². The fourth-order valence-corrected chi connectivity index (χ4v) is 4.22. The molecule has 3 aliphatic rings. The summed E-state index contributed by atoms with van der Waals surface area (Å²) in [4.78, 5) is 42.8. The highest BCUT2D eigenvalue weighted by atomic mass is 16.6. The molecule has 4 amide bonds. The highest BCUT2D eigenvalue weighted by molar-refractivity contribution is 6.07. The van der Waals surface area contributed by atoms with Gasteiger partial charge in [-0.05, 0) is 39.5 Å². The van der Waals surface area contributed by atoms with Gasteiger partial charge in [-0.1, -0.05) is 19.8 Å². The lowest BCUT2D eigenvalue weighted by atomic mass is 9.73. The maximum absolute atomic E-state index is 13.0. The number of nitrogens with zero attached hydrogens (tertiary/aromatic N) is 3. The molecule has 1 saturated carbocycles. The van der Waals surface area contributed by atoms with Crippen molar-refractivity contribution in [3.05, 3.63) is 0 Å². The molecule has 2 saturated heterocycles. The Morgan fingerprint density at radius 1 is 1.19 bits per heavy atom. The molecule has 3 rings (SSSR count). The zero-order valence-electron chi connectivity index (χ0n) is 16.9. The molecule has 0 bridgehead atoms. The summed E-state index contributed by atoms with van der Waals surface area (Å²) in [6, 6.07) is -0.289. The van der Waals surface area contributed by atoms with E-state index in [1.165, 1.54) is 4.90 Å². The molecule has 3 fully saturated rings. The van der Waals surface area contributed by atoms with Crippen molar-refractivity contribution < 1.29 is 19.1 Å². The third-order valence-corrected chi connectivity index (χ3v) is 5.87. The van der Waals surface area contributed by atoms with Gasteiger partial charge in [-0.25, -0.2) is 14.5 Å². The summed E-state index contributed by atoms with van der Waals surface area (Å²) >= 11 is 0. The first-order valence-corrected chi connectivity index (χ1v) is 9.97. The Labute approximate surface area is 161 Å². The molecule has 1 spiro atoms. The number of urea groups is 1. The van der Waals surface area contributed by atoms with Gasteiger partial charge in [0.2, 0.25) is 0 Å². The van der Waals surface area contributed by atoms with E-state index in [4.69, 9.17) is 4.74 Å². The van der Waals surface area contributed by atoms with Gasteiger partial charge >= 0.3 is 12.1 Å². The van der Waals surface area contributed by atoms with Gasteiger partial charge in [0.25, 0.3) is 5.91 Å². The van der Waals surface area contributed by atoms with Crippen LogP contribution in [0.1, 0.15) is 53.4 Å². The second kappa shape index (κ2) is 7.30. The summed E-state index contributed by atoms with van der Waals surface area (Å²) in [7, 11) is 0. The van der Waals surface area contributed by atoms with E-state index in [0.29, 0.717) is 26.2 Å². The Bertz CT molecular complexity index is 609. The molecule has 0 radical (unpaired) electrons. The number of piperazine rings is 1. The molecular formula is C19H32N4O4. The van der Waals surface area contributed by atoms with Gasteiger partial charge in [-0.15, -0.1) is 0 Å². The molecule has 152 valence electrons. The third kappa shape index (κ3) is 4.05. The Morgan fingerprint density at radius 2 is 1.85 bits per heavy atom. The average molecular weight is 380 g/mol. The van der Waals surface area contributed by atoms with Crippen LogP contribution in [0.4, 0.5) is 9.59 Å². The number of hydrogen-bond acceptors (Lipinski definition) is 5. The van der Waals surface area contributed by atoms with Crippen molar-refractivity contribution in [3.8, 4) is 0 Å². The van der Waals surface area contributed by atoms with Crippen LogP contribution in [0.5, 0.6) is 0 Å². The number of carbonyl (C=O) groups is 3. The number of hydrogen-bond donors (Lipinski definition) is 1. The van der Waals surface area contributed by atoms with Gasteiger partial charge in [0.1, 0.15) is 11.1 Å². The van der Waals surface area contributed by atoms with Gasteiger partial charge in [-0.3, -0.25) is 9.69 Å². The van der Waals surface area contributed by atoms with Crippen LogP contribution in [0.25, 0.3) is 0 Å². The Balaban J connectivity index is 1.55. The van der Waals surface area contributed by atoms with Crippen molar-refractivity contribution in [1.82, 2.24) is 20.0 Å². The minimum absolute atomic E-state index is 0.0886. The normalized spacial score (nSPS) is 30.0. The summed E-state index contributed by atoms with van der Waals surface area (Å²) in [6.07, 6.45) is 3.46. The van der Waals surface area contributed by atoms with E-state index < -0.39 is 11.1 Å². The fourth-order valence-electron chi connectivity index (χ4n) is 4.22. The smallest absolute Gasteiger partial charge is 0.410 e. The Hall–Kier alpha value is -1.83. The van der Waals surface area contributed by atoms with E-state index >= 15 is 0 Å². The zero-order valence-corrected chi connectivity index (χ0v) is 16.9. The first-order chi connectivity index (χ1) is 12.6. The Morgan fingerprint density at radius 3 is 2.44 bits per heavy atom. The van der Waals surface area contributed by atoms with E-state index in [2.05, 4.69) is 12.2 Å². The maximum Gasteiger partial charge on any atom is 0.410 e. The van der Waals surface area contributed by atoms with Crippen molar-refractivity contribution >= 4 is 18.0 Å². The van der Waals surface area contributed by atoms with Crippen LogP contribution in [0.3, 0.4) is 0 Å². The highest BCUT2D eigenvalue weighted by Gasteiger charge is 2.55. The third-order valence-electron chi connectivity index (χ3n) is 5.87. The van der Waals surface area contributed by atoms with E-state index in [1.54, 1.807) is 4.90 Å². The molecule has 0 aromatic rings. The molecule has 8 heteroatoms. The lowest BCUT2D eigenvalue weighted by Gasteiger charge is -2.38. The number of amides is 4. The lowest BCUT2D eigenvalue weighted by Crippen LogP contribution is -2.55. The number of carbonyl (C=O) groups excluding carboxylic acids is 3. The monoisotopic (exact) mass is 380 g/mol. The van der Waals surface area contributed by atoms with Crippen LogP contribution in [-0.4, -0.2) is 76.7 Å². The van der Waals surface area contributed by atoms with Crippen LogP contribution in [0.2, 0.25) is 0 Å². The fraction of sp³-hybridized carbons (Fsp3) is 0.842. The molecule has 0 aromatic carbocycles.